The Hall–Kier alpha value is -5.43. The predicted octanol–water partition coefficient (Wildman–Crippen LogP) is 3.97. The van der Waals surface area contributed by atoms with Crippen LogP contribution in [0, 0.1) is 12.7 Å². The maximum absolute atomic E-state index is 14.5. The first-order chi connectivity index (χ1) is 24.5. The lowest BCUT2D eigenvalue weighted by Crippen LogP contribution is -2.47. The molecule has 12 nitrogen and oxygen atoms in total. The van der Waals surface area contributed by atoms with Crippen LogP contribution in [0.2, 0.25) is 0 Å². The van der Waals surface area contributed by atoms with E-state index in [1.807, 2.05) is 42.2 Å². The highest BCUT2D eigenvalue weighted by Gasteiger charge is 2.29. The lowest BCUT2D eigenvalue weighted by molar-refractivity contribution is -0.130. The van der Waals surface area contributed by atoms with Gasteiger partial charge in [-0.3, -0.25) is 28.5 Å². The number of halogens is 1. The Morgan fingerprint density at radius 1 is 0.922 bits per heavy atom. The van der Waals surface area contributed by atoms with Crippen LogP contribution in [0.1, 0.15) is 60.4 Å². The number of rotatable bonds is 7. The third-order valence-corrected chi connectivity index (χ3v) is 10.3. The summed E-state index contributed by atoms with van der Waals surface area (Å²) in [4.78, 5) is 61.0. The number of nitrogens with one attached hydrogen (secondary N) is 1. The highest BCUT2D eigenvalue weighted by atomic mass is 19.1. The van der Waals surface area contributed by atoms with Gasteiger partial charge >= 0.3 is 5.69 Å². The van der Waals surface area contributed by atoms with Gasteiger partial charge in [-0.15, -0.1) is 0 Å². The normalized spacial score (nSPS) is 18.2. The van der Waals surface area contributed by atoms with Crippen molar-refractivity contribution < 1.29 is 14.0 Å². The van der Waals surface area contributed by atoms with Crippen LogP contribution in [0.15, 0.2) is 76.4 Å². The Balaban J connectivity index is 1.13. The summed E-state index contributed by atoms with van der Waals surface area (Å²) in [5.74, 6) is -0.810. The highest BCUT2D eigenvalue weighted by Crippen LogP contribution is 2.29. The number of amides is 2. The average Bonchev–Trinajstić information content (AvgIpc) is 3.47. The molecule has 1 saturated heterocycles. The van der Waals surface area contributed by atoms with Crippen molar-refractivity contribution in [1.29, 1.82) is 0 Å². The summed E-state index contributed by atoms with van der Waals surface area (Å²) in [7, 11) is 1.78. The number of pyridine rings is 1. The molecule has 5 aromatic rings. The molecule has 2 fully saturated rings. The zero-order valence-electron chi connectivity index (χ0n) is 29.0. The van der Waals surface area contributed by atoms with Crippen molar-refractivity contribution in [1.82, 2.24) is 39.0 Å². The standard InChI is InChI=1S/C38H41FN8O4/c1-24-19-34(42-43(24)3)36(49)41-30-11-13-31(14-12-30)47-37(50)33-21-29(39)22-40-35(33)46(38(47)51)32-6-4-5-28(20-32)27-9-7-26(8-10-27)23-44-15-17-45(18-16-44)25(2)48/h4-10,19-22,30-31H,11-18,23H2,1-3H3,(H,41,49). The third-order valence-electron chi connectivity index (χ3n) is 10.3. The molecule has 0 radical (unpaired) electrons. The summed E-state index contributed by atoms with van der Waals surface area (Å²) in [6, 6.07) is 18.0. The van der Waals surface area contributed by atoms with Gasteiger partial charge in [0.2, 0.25) is 5.91 Å². The molecule has 0 bridgehead atoms. The predicted molar refractivity (Wildman–Crippen MR) is 191 cm³/mol. The van der Waals surface area contributed by atoms with E-state index >= 15 is 0 Å². The van der Waals surface area contributed by atoms with Gasteiger partial charge in [-0.2, -0.15) is 5.10 Å². The van der Waals surface area contributed by atoms with Crippen LogP contribution in [-0.4, -0.2) is 77.7 Å². The van der Waals surface area contributed by atoms with Crippen molar-refractivity contribution in [2.45, 2.75) is 58.2 Å². The molecule has 51 heavy (non-hydrogen) atoms. The van der Waals surface area contributed by atoms with Crippen LogP contribution in [0.5, 0.6) is 0 Å². The summed E-state index contributed by atoms with van der Waals surface area (Å²) in [5.41, 5.74) is 3.68. The highest BCUT2D eigenvalue weighted by molar-refractivity contribution is 5.92. The Labute approximate surface area is 294 Å². The van der Waals surface area contributed by atoms with Crippen molar-refractivity contribution >= 4 is 22.8 Å². The van der Waals surface area contributed by atoms with E-state index in [1.54, 1.807) is 30.8 Å². The van der Waals surface area contributed by atoms with Crippen molar-refractivity contribution in [3.05, 3.63) is 110 Å². The van der Waals surface area contributed by atoms with Gasteiger partial charge in [0.25, 0.3) is 11.5 Å². The fourth-order valence-electron chi connectivity index (χ4n) is 7.25. The van der Waals surface area contributed by atoms with Crippen molar-refractivity contribution in [3.63, 3.8) is 0 Å². The van der Waals surface area contributed by atoms with Gasteiger partial charge in [-0.25, -0.2) is 18.7 Å². The number of aromatic nitrogens is 5. The van der Waals surface area contributed by atoms with Gasteiger partial charge in [-0.1, -0.05) is 36.4 Å². The lowest BCUT2D eigenvalue weighted by atomic mass is 9.90. The molecule has 4 heterocycles. The Morgan fingerprint density at radius 2 is 1.65 bits per heavy atom. The molecule has 0 spiro atoms. The smallest absolute Gasteiger partial charge is 0.337 e. The maximum atomic E-state index is 14.5. The summed E-state index contributed by atoms with van der Waals surface area (Å²) in [6.07, 6.45) is 3.10. The van der Waals surface area contributed by atoms with Gasteiger partial charge in [0.1, 0.15) is 11.5 Å². The molecule has 1 aliphatic heterocycles. The summed E-state index contributed by atoms with van der Waals surface area (Å²) in [6.45, 7) is 7.39. The van der Waals surface area contributed by atoms with Gasteiger partial charge in [0.05, 0.1) is 17.3 Å². The largest absolute Gasteiger partial charge is 0.348 e. The molecular weight excluding hydrogens is 651 g/mol. The van der Waals surface area contributed by atoms with Gasteiger partial charge in [0.15, 0.2) is 5.65 Å². The van der Waals surface area contributed by atoms with E-state index in [1.165, 1.54) is 9.13 Å². The molecule has 0 atom stereocenters. The number of nitrogens with zero attached hydrogens (tertiary/aromatic N) is 7. The van der Waals surface area contributed by atoms with Crippen LogP contribution >= 0.6 is 0 Å². The number of aryl methyl sites for hydroxylation is 2. The fourth-order valence-corrected chi connectivity index (χ4v) is 7.25. The van der Waals surface area contributed by atoms with Crippen molar-refractivity contribution in [2.75, 3.05) is 26.2 Å². The van der Waals surface area contributed by atoms with E-state index in [4.69, 9.17) is 0 Å². The number of benzene rings is 2. The second-order valence-electron chi connectivity index (χ2n) is 13.6. The SMILES string of the molecule is CC(=O)N1CCN(Cc2ccc(-c3cccc(-n4c(=O)n(C5CCC(NC(=O)c6cc(C)n(C)n6)CC5)c(=O)c5cc(F)cnc54)c3)cc2)CC1. The number of fused-ring (bicyclic) bond motifs is 1. The van der Waals surface area contributed by atoms with Crippen LogP contribution in [-0.2, 0) is 18.4 Å². The van der Waals surface area contributed by atoms with E-state index in [2.05, 4.69) is 32.4 Å². The molecule has 3 aromatic heterocycles. The average molecular weight is 693 g/mol. The molecule has 264 valence electrons. The Bertz CT molecular complexity index is 2210. The quantitative estimate of drug-likeness (QED) is 0.274. The molecule has 2 aromatic carbocycles. The lowest BCUT2D eigenvalue weighted by Gasteiger charge is -2.34. The first-order valence-corrected chi connectivity index (χ1v) is 17.4. The summed E-state index contributed by atoms with van der Waals surface area (Å²) >= 11 is 0. The fraction of sp³-hybridized carbons (Fsp3) is 0.368. The summed E-state index contributed by atoms with van der Waals surface area (Å²) < 4.78 is 18.8. The van der Waals surface area contributed by atoms with E-state index in [0.717, 1.165) is 67.4 Å². The topological polar surface area (TPSA) is 127 Å². The number of carbonyl (C=O) groups is 2. The van der Waals surface area contributed by atoms with Crippen LogP contribution < -0.4 is 16.6 Å². The minimum Gasteiger partial charge on any atom is -0.348 e. The Kier molecular flexibility index (Phi) is 9.38. The summed E-state index contributed by atoms with van der Waals surface area (Å²) in [5, 5.41) is 7.32. The van der Waals surface area contributed by atoms with Crippen LogP contribution in [0.3, 0.4) is 0 Å². The molecule has 13 heteroatoms. The molecule has 7 rings (SSSR count). The second kappa shape index (κ2) is 14.1. The molecular formula is C38H41FN8O4. The maximum Gasteiger partial charge on any atom is 0.337 e. The number of piperazine rings is 1. The first-order valence-electron chi connectivity index (χ1n) is 17.4. The number of hydrogen-bond acceptors (Lipinski definition) is 7. The first kappa shape index (κ1) is 34.0. The van der Waals surface area contributed by atoms with Crippen molar-refractivity contribution in [2.24, 2.45) is 7.05 Å². The van der Waals surface area contributed by atoms with Gasteiger partial charge in [0, 0.05) is 64.5 Å². The van der Waals surface area contributed by atoms with E-state index in [9.17, 15) is 23.6 Å². The second-order valence-corrected chi connectivity index (χ2v) is 13.6. The minimum atomic E-state index is -0.665. The number of carbonyl (C=O) groups excluding carboxylic acids is 2. The van der Waals surface area contributed by atoms with Gasteiger partial charge in [-0.05, 0) is 73.6 Å². The zero-order valence-corrected chi connectivity index (χ0v) is 29.0. The van der Waals surface area contributed by atoms with E-state index in [-0.39, 0.29) is 28.9 Å². The van der Waals surface area contributed by atoms with Crippen LogP contribution in [0.25, 0.3) is 27.8 Å². The monoisotopic (exact) mass is 692 g/mol. The van der Waals surface area contributed by atoms with Crippen LogP contribution in [0.4, 0.5) is 4.39 Å². The van der Waals surface area contributed by atoms with Gasteiger partial charge < -0.3 is 10.2 Å². The molecule has 1 saturated carbocycles. The molecule has 2 amide bonds. The number of hydrogen-bond donors (Lipinski definition) is 1. The minimum absolute atomic E-state index is 0.0226. The van der Waals surface area contributed by atoms with E-state index < -0.39 is 23.1 Å². The van der Waals surface area contributed by atoms with Crippen molar-refractivity contribution in [3.8, 4) is 16.8 Å². The Morgan fingerprint density at radius 3 is 2.31 bits per heavy atom. The molecule has 1 N–H and O–H groups in total. The molecule has 0 unspecified atom stereocenters. The third kappa shape index (κ3) is 6.98. The molecule has 1 aliphatic carbocycles. The van der Waals surface area contributed by atoms with E-state index in [0.29, 0.717) is 37.1 Å². The zero-order chi connectivity index (χ0) is 35.8. The molecule has 2 aliphatic rings.